The first-order valence-electron chi connectivity index (χ1n) is 6.72. The first-order chi connectivity index (χ1) is 10.8. The van der Waals surface area contributed by atoms with Gasteiger partial charge in [-0.25, -0.2) is 0 Å². The van der Waals surface area contributed by atoms with Crippen LogP contribution in [0.1, 0.15) is 4.88 Å². The van der Waals surface area contributed by atoms with Crippen LogP contribution in [0.4, 0.5) is 0 Å². The van der Waals surface area contributed by atoms with Gasteiger partial charge in [-0.3, -0.25) is 0 Å². The topological polar surface area (TPSA) is 87.9 Å². The fraction of sp³-hybridized carbons (Fsp3) is 0.0625. The maximum absolute atomic E-state index is 8.83. The van der Waals surface area contributed by atoms with E-state index in [0.29, 0.717) is 0 Å². The molecular formula is C16H15ClNO4S+. The zero-order valence-electron chi connectivity index (χ0n) is 12.2. The molecule has 0 spiro atoms. The van der Waals surface area contributed by atoms with Crippen molar-refractivity contribution in [2.24, 2.45) is 0 Å². The third kappa shape index (κ3) is 3.42. The molecular weight excluding hydrogens is 338 g/mol. The molecule has 5 nitrogen and oxygen atoms in total. The maximum atomic E-state index is 8.83. The van der Waals surface area contributed by atoms with Gasteiger partial charge in [0.15, 0.2) is 6.20 Å². The van der Waals surface area contributed by atoms with Crippen LogP contribution in [-0.4, -0.2) is 14.0 Å². The van der Waals surface area contributed by atoms with Crippen molar-refractivity contribution in [2.45, 2.75) is 6.92 Å². The van der Waals surface area contributed by atoms with Gasteiger partial charge in [-0.15, -0.1) is 4.40 Å². The Bertz CT molecular complexity index is 915. The molecule has 0 aliphatic carbocycles. The van der Waals surface area contributed by atoms with Crippen molar-refractivity contribution in [3.8, 4) is 0 Å². The van der Waals surface area contributed by atoms with E-state index in [1.54, 1.807) is 0 Å². The van der Waals surface area contributed by atoms with Crippen molar-refractivity contribution in [1.82, 2.24) is 0 Å². The number of benzene rings is 2. The van der Waals surface area contributed by atoms with Gasteiger partial charge in [-0.1, -0.05) is 41.7 Å². The summed E-state index contributed by atoms with van der Waals surface area (Å²) < 4.78 is 32.5. The molecule has 0 atom stereocenters. The number of para-hydroxylation sites is 1. The number of aromatic nitrogens is 1. The molecule has 2 heterocycles. The number of pyridine rings is 1. The normalized spacial score (nSPS) is 12.4. The van der Waals surface area contributed by atoms with E-state index in [1.807, 2.05) is 11.3 Å². The van der Waals surface area contributed by atoms with E-state index in [9.17, 15) is 0 Å². The Morgan fingerprint density at radius 2 is 1.43 bits per heavy atom. The Balaban J connectivity index is 0.000000276. The number of aryl methyl sites for hydroxylation is 1. The van der Waals surface area contributed by atoms with Crippen molar-refractivity contribution >= 4 is 37.8 Å². The summed E-state index contributed by atoms with van der Waals surface area (Å²) in [5.74, 6) is 0. The van der Waals surface area contributed by atoms with E-state index in [-0.39, 0.29) is 0 Å². The van der Waals surface area contributed by atoms with Gasteiger partial charge in [-0.05, 0) is 19.1 Å². The molecule has 120 valence electrons. The summed E-state index contributed by atoms with van der Waals surface area (Å²) in [6.45, 7) is 2.17. The van der Waals surface area contributed by atoms with Crippen LogP contribution in [0.3, 0.4) is 0 Å². The molecule has 0 aliphatic heterocycles. The minimum absolute atomic E-state index is 1.29. The molecule has 0 radical (unpaired) electrons. The quantitative estimate of drug-likeness (QED) is 0.328. The molecule has 2 aromatic heterocycles. The SMILES string of the molecule is Cc1c[n+]2c3ccccc3c3ccccc3c2s1.[O-][Cl+](O)(O)O. The van der Waals surface area contributed by atoms with Crippen molar-refractivity contribution in [3.63, 3.8) is 0 Å². The van der Waals surface area contributed by atoms with Gasteiger partial charge in [0.25, 0.3) is 4.83 Å². The Labute approximate surface area is 138 Å². The van der Waals surface area contributed by atoms with Gasteiger partial charge >= 0.3 is 28.9 Å². The first kappa shape index (κ1) is 16.1. The summed E-state index contributed by atoms with van der Waals surface area (Å²) in [6, 6.07) is 17.3. The van der Waals surface area contributed by atoms with Crippen LogP contribution >= 0.6 is 11.3 Å². The number of hydrogen-bond acceptors (Lipinski definition) is 5. The number of hydrogen-bond donors (Lipinski definition) is 3. The second-order valence-corrected chi connectivity index (χ2v) is 7.12. The fourth-order valence-corrected chi connectivity index (χ4v) is 3.65. The molecule has 0 amide bonds. The van der Waals surface area contributed by atoms with Crippen molar-refractivity contribution in [1.29, 1.82) is 0 Å². The molecule has 4 aromatic rings. The molecule has 4 rings (SSSR count). The monoisotopic (exact) mass is 352 g/mol. The van der Waals surface area contributed by atoms with Gasteiger partial charge in [0.2, 0.25) is 5.52 Å². The van der Waals surface area contributed by atoms with Gasteiger partial charge in [0.05, 0.1) is 15.6 Å². The van der Waals surface area contributed by atoms with Crippen LogP contribution in [0.5, 0.6) is 0 Å². The Hall–Kier alpha value is -1.80. The molecule has 0 unspecified atom stereocenters. The van der Waals surface area contributed by atoms with Crippen LogP contribution in [0.2, 0.25) is 0 Å². The zero-order chi connectivity index (χ0) is 16.6. The van der Waals surface area contributed by atoms with Crippen molar-refractivity contribution in [3.05, 3.63) is 59.6 Å². The second kappa shape index (κ2) is 6.01. The molecule has 0 saturated heterocycles. The fourth-order valence-electron chi connectivity index (χ4n) is 2.65. The summed E-state index contributed by atoms with van der Waals surface area (Å²) >= 11 is 1.86. The van der Waals surface area contributed by atoms with Crippen LogP contribution < -0.4 is 9.06 Å². The van der Waals surface area contributed by atoms with Gasteiger partial charge < -0.3 is 0 Å². The molecule has 0 fully saturated rings. The number of nitrogens with zero attached hydrogens (tertiary/aromatic N) is 1. The molecule has 3 N–H and O–H groups in total. The second-order valence-electron chi connectivity index (χ2n) is 5.01. The van der Waals surface area contributed by atoms with E-state index in [2.05, 4.69) is 66.1 Å². The first-order valence-corrected chi connectivity index (χ1v) is 8.86. The van der Waals surface area contributed by atoms with Gasteiger partial charge in [-0.2, -0.15) is 0 Å². The third-order valence-corrected chi connectivity index (χ3v) is 4.44. The predicted octanol–water partition coefficient (Wildman–Crippen LogP) is 1.24. The average Bonchev–Trinajstić information content (AvgIpc) is 2.88. The molecule has 23 heavy (non-hydrogen) atoms. The number of fused-ring (bicyclic) bond motifs is 6. The summed E-state index contributed by atoms with van der Waals surface area (Å²) in [5, 5.41) is 4.01. The van der Waals surface area contributed by atoms with Gasteiger partial charge in [0, 0.05) is 11.5 Å². The summed E-state index contributed by atoms with van der Waals surface area (Å²) in [7, 11) is -4.19. The zero-order valence-corrected chi connectivity index (χ0v) is 13.8. The summed E-state index contributed by atoms with van der Waals surface area (Å²) in [6.07, 6.45) is 2.23. The molecule has 2 aromatic carbocycles. The van der Waals surface area contributed by atoms with E-state index >= 15 is 0 Å². The van der Waals surface area contributed by atoms with Crippen LogP contribution in [-0.2, 0) is 0 Å². The summed E-state index contributed by atoms with van der Waals surface area (Å²) in [5.41, 5.74) is 1.29. The average molecular weight is 353 g/mol. The molecule has 0 bridgehead atoms. The minimum atomic E-state index is -4.19. The summed E-state index contributed by atoms with van der Waals surface area (Å²) in [4.78, 5) is 2.68. The van der Waals surface area contributed by atoms with Crippen LogP contribution in [0.25, 0.3) is 26.5 Å². The van der Waals surface area contributed by atoms with E-state index in [4.69, 9.17) is 18.6 Å². The standard InChI is InChI=1S/C16H12NS.ClH3O4/c1-11-10-17-15-9-5-4-7-13(15)12-6-2-3-8-14(12)16(17)18-11;2-1(3,4)5/h2-10H,1H3;2-4H/q+1;. The number of thiazole rings is 1. The van der Waals surface area contributed by atoms with E-state index in [0.717, 1.165) is 0 Å². The van der Waals surface area contributed by atoms with Gasteiger partial charge in [0.1, 0.15) is 0 Å². The molecule has 7 heteroatoms. The van der Waals surface area contributed by atoms with E-state index < -0.39 is 10.2 Å². The third-order valence-electron chi connectivity index (χ3n) is 3.40. The predicted molar refractivity (Wildman–Crippen MR) is 83.9 cm³/mol. The molecule has 0 aliphatic rings. The van der Waals surface area contributed by atoms with Crippen LogP contribution in [0, 0.1) is 17.2 Å². The Morgan fingerprint density at radius 1 is 0.913 bits per heavy atom. The number of halogens is 1. The Morgan fingerprint density at radius 3 is 2.09 bits per heavy atom. The van der Waals surface area contributed by atoms with Crippen LogP contribution in [0.15, 0.2) is 54.7 Å². The molecule has 0 saturated carbocycles. The Kier molecular flexibility index (Phi) is 4.20. The van der Waals surface area contributed by atoms with Crippen molar-refractivity contribution < 1.29 is 33.3 Å². The van der Waals surface area contributed by atoms with E-state index in [1.165, 1.54) is 31.4 Å². The van der Waals surface area contributed by atoms with Crippen molar-refractivity contribution in [2.75, 3.05) is 0 Å². The number of rotatable bonds is 0.